The summed E-state index contributed by atoms with van der Waals surface area (Å²) in [5.74, 6) is 0.268. The average Bonchev–Trinajstić information content (AvgIpc) is 2.92. The molecule has 1 fully saturated rings. The van der Waals surface area contributed by atoms with Crippen LogP contribution in [0.4, 0.5) is 5.82 Å². The average molecular weight is 342 g/mol. The van der Waals surface area contributed by atoms with Crippen LogP contribution in [-0.2, 0) is 21.2 Å². The van der Waals surface area contributed by atoms with Crippen molar-refractivity contribution in [1.29, 1.82) is 0 Å². The molecule has 1 aliphatic rings. The number of nitrogens with one attached hydrogen (secondary N) is 1. The minimum Gasteiger partial charge on any atom is -0.325 e. The van der Waals surface area contributed by atoms with E-state index in [2.05, 4.69) is 10.4 Å². The normalized spacial score (nSPS) is 25.3. The van der Waals surface area contributed by atoms with Crippen molar-refractivity contribution in [1.82, 2.24) is 9.78 Å². The minimum absolute atomic E-state index is 0.0437. The molecule has 0 radical (unpaired) electrons. The Morgan fingerprint density at radius 2 is 2.26 bits per heavy atom. The molecule has 1 aliphatic carbocycles. The lowest BCUT2D eigenvalue weighted by Crippen LogP contribution is -2.51. The summed E-state index contributed by atoms with van der Waals surface area (Å²) in [6, 6.07) is 1.67. The van der Waals surface area contributed by atoms with Crippen LogP contribution in [0.15, 0.2) is 12.3 Å². The Balaban J connectivity index is 1.95. The van der Waals surface area contributed by atoms with Crippen molar-refractivity contribution >= 4 is 21.6 Å². The molecule has 8 heteroatoms. The minimum atomic E-state index is -3.03. The van der Waals surface area contributed by atoms with E-state index >= 15 is 0 Å². The van der Waals surface area contributed by atoms with Gasteiger partial charge in [0.25, 0.3) is 0 Å². The van der Waals surface area contributed by atoms with Crippen molar-refractivity contribution in [3.63, 3.8) is 0 Å². The first-order valence-corrected chi connectivity index (χ1v) is 9.89. The number of aromatic nitrogens is 2. The fraction of sp³-hybridized carbons (Fsp3) is 0.733. The Hall–Kier alpha value is -1.41. The lowest BCUT2D eigenvalue weighted by molar-refractivity contribution is -0.122. The number of nitrogens with zero attached hydrogens (tertiary/aromatic N) is 2. The maximum Gasteiger partial charge on any atom is 0.230 e. The third kappa shape index (κ3) is 4.78. The molecular formula is C15H26N4O3S. The van der Waals surface area contributed by atoms with E-state index in [1.54, 1.807) is 19.2 Å². The SMILES string of the molecule is CCS(=O)(=O)CCn1ccc(NC(=O)C2CCCCC2(C)N)n1. The molecule has 1 heterocycles. The van der Waals surface area contributed by atoms with Crippen LogP contribution in [0.1, 0.15) is 39.5 Å². The van der Waals surface area contributed by atoms with Gasteiger partial charge in [0, 0.05) is 23.6 Å². The van der Waals surface area contributed by atoms with Crippen LogP contribution in [0.25, 0.3) is 0 Å². The summed E-state index contributed by atoms with van der Waals surface area (Å²) in [4.78, 5) is 12.4. The quantitative estimate of drug-likeness (QED) is 0.807. The predicted octanol–water partition coefficient (Wildman–Crippen LogP) is 1.16. The lowest BCUT2D eigenvalue weighted by atomic mass is 9.74. The van der Waals surface area contributed by atoms with Gasteiger partial charge in [-0.05, 0) is 19.8 Å². The van der Waals surface area contributed by atoms with E-state index in [1.807, 2.05) is 6.92 Å². The van der Waals surface area contributed by atoms with E-state index < -0.39 is 15.4 Å². The van der Waals surface area contributed by atoms with Crippen LogP contribution in [0.2, 0.25) is 0 Å². The van der Waals surface area contributed by atoms with Gasteiger partial charge in [0.15, 0.2) is 15.7 Å². The Kier molecular flexibility index (Phi) is 5.46. The molecule has 2 unspecified atom stereocenters. The first-order valence-electron chi connectivity index (χ1n) is 8.07. The summed E-state index contributed by atoms with van der Waals surface area (Å²) in [6.07, 6.45) is 5.36. The van der Waals surface area contributed by atoms with Gasteiger partial charge in [0.2, 0.25) is 5.91 Å². The standard InChI is InChI=1S/C15H26N4O3S/c1-3-23(21,22)11-10-19-9-7-13(18-19)17-14(20)12-6-4-5-8-15(12,2)16/h7,9,12H,3-6,8,10-11,16H2,1-2H3,(H,17,18,20). The van der Waals surface area contributed by atoms with Gasteiger partial charge in [-0.2, -0.15) is 5.10 Å². The van der Waals surface area contributed by atoms with Gasteiger partial charge in [-0.25, -0.2) is 8.42 Å². The van der Waals surface area contributed by atoms with E-state index in [1.165, 1.54) is 4.68 Å². The van der Waals surface area contributed by atoms with Gasteiger partial charge in [-0.3, -0.25) is 9.48 Å². The second kappa shape index (κ2) is 7.00. The van der Waals surface area contributed by atoms with E-state index in [0.29, 0.717) is 5.82 Å². The van der Waals surface area contributed by atoms with Crippen LogP contribution in [-0.4, -0.2) is 41.2 Å². The van der Waals surface area contributed by atoms with Crippen LogP contribution >= 0.6 is 0 Å². The molecule has 7 nitrogen and oxygen atoms in total. The maximum absolute atomic E-state index is 12.4. The summed E-state index contributed by atoms with van der Waals surface area (Å²) < 4.78 is 24.6. The summed E-state index contributed by atoms with van der Waals surface area (Å²) in [5, 5.41) is 7.01. The number of carbonyl (C=O) groups excluding carboxylic acids is 1. The Morgan fingerprint density at radius 3 is 2.91 bits per heavy atom. The van der Waals surface area contributed by atoms with Crippen LogP contribution in [0.5, 0.6) is 0 Å². The van der Waals surface area contributed by atoms with Gasteiger partial charge in [0.1, 0.15) is 0 Å². The number of rotatable bonds is 6. The Bertz CT molecular complexity index is 651. The molecule has 0 aromatic carbocycles. The van der Waals surface area contributed by atoms with Crippen LogP contribution in [0.3, 0.4) is 0 Å². The number of hydrogen-bond donors (Lipinski definition) is 2. The highest BCUT2D eigenvalue weighted by molar-refractivity contribution is 7.91. The number of amides is 1. The molecule has 2 rings (SSSR count). The van der Waals surface area contributed by atoms with E-state index in [-0.39, 0.29) is 29.9 Å². The fourth-order valence-electron chi connectivity index (χ4n) is 2.93. The van der Waals surface area contributed by atoms with Crippen molar-refractivity contribution in [3.05, 3.63) is 12.3 Å². The lowest BCUT2D eigenvalue weighted by Gasteiger charge is -2.37. The molecule has 0 bridgehead atoms. The van der Waals surface area contributed by atoms with Gasteiger partial charge < -0.3 is 11.1 Å². The number of sulfone groups is 1. The summed E-state index contributed by atoms with van der Waals surface area (Å²) in [5.41, 5.74) is 5.75. The first kappa shape index (κ1) is 17.9. The molecule has 1 aromatic rings. The molecule has 23 heavy (non-hydrogen) atoms. The third-order valence-corrected chi connectivity index (χ3v) is 6.22. The number of anilines is 1. The zero-order chi connectivity index (χ0) is 17.1. The summed E-state index contributed by atoms with van der Waals surface area (Å²) >= 11 is 0. The largest absolute Gasteiger partial charge is 0.325 e. The molecule has 0 spiro atoms. The highest BCUT2D eigenvalue weighted by Gasteiger charge is 2.37. The fourth-order valence-corrected chi connectivity index (χ4v) is 3.69. The summed E-state index contributed by atoms with van der Waals surface area (Å²) in [7, 11) is -3.03. The molecule has 1 amide bonds. The van der Waals surface area contributed by atoms with Gasteiger partial charge in [0.05, 0.1) is 18.2 Å². The van der Waals surface area contributed by atoms with Gasteiger partial charge in [-0.1, -0.05) is 19.8 Å². The predicted molar refractivity (Wildman–Crippen MR) is 89.7 cm³/mol. The van der Waals surface area contributed by atoms with Crippen LogP contribution in [0, 0.1) is 5.92 Å². The number of aryl methyl sites for hydroxylation is 1. The first-order chi connectivity index (χ1) is 10.7. The highest BCUT2D eigenvalue weighted by Crippen LogP contribution is 2.32. The third-order valence-electron chi connectivity index (χ3n) is 4.53. The zero-order valence-electron chi connectivity index (χ0n) is 13.8. The Labute approximate surface area is 137 Å². The number of carbonyl (C=O) groups is 1. The van der Waals surface area contributed by atoms with Crippen LogP contribution < -0.4 is 11.1 Å². The Morgan fingerprint density at radius 1 is 1.52 bits per heavy atom. The van der Waals surface area contributed by atoms with Crippen molar-refractivity contribution in [2.75, 3.05) is 16.8 Å². The second-order valence-electron chi connectivity index (χ2n) is 6.49. The van der Waals surface area contributed by atoms with Gasteiger partial charge >= 0.3 is 0 Å². The molecule has 130 valence electrons. The zero-order valence-corrected chi connectivity index (χ0v) is 14.6. The molecule has 2 atom stereocenters. The molecular weight excluding hydrogens is 316 g/mol. The molecule has 1 aromatic heterocycles. The van der Waals surface area contributed by atoms with Crippen molar-refractivity contribution in [2.24, 2.45) is 11.7 Å². The van der Waals surface area contributed by atoms with E-state index in [9.17, 15) is 13.2 Å². The van der Waals surface area contributed by atoms with E-state index in [0.717, 1.165) is 25.7 Å². The van der Waals surface area contributed by atoms with Crippen molar-refractivity contribution < 1.29 is 13.2 Å². The maximum atomic E-state index is 12.4. The number of hydrogen-bond acceptors (Lipinski definition) is 5. The van der Waals surface area contributed by atoms with E-state index in [4.69, 9.17) is 5.73 Å². The topological polar surface area (TPSA) is 107 Å². The second-order valence-corrected chi connectivity index (χ2v) is 8.97. The molecule has 0 saturated heterocycles. The van der Waals surface area contributed by atoms with Crippen molar-refractivity contribution in [3.8, 4) is 0 Å². The summed E-state index contributed by atoms with van der Waals surface area (Å²) in [6.45, 7) is 3.83. The molecule has 1 saturated carbocycles. The number of nitrogens with two attached hydrogens (primary N) is 1. The van der Waals surface area contributed by atoms with Crippen molar-refractivity contribution in [2.45, 2.75) is 51.6 Å². The monoisotopic (exact) mass is 342 g/mol. The molecule has 0 aliphatic heterocycles. The molecule has 3 N–H and O–H groups in total. The van der Waals surface area contributed by atoms with Gasteiger partial charge in [-0.15, -0.1) is 0 Å². The smallest absolute Gasteiger partial charge is 0.230 e. The highest BCUT2D eigenvalue weighted by atomic mass is 32.2.